The Labute approximate surface area is 289 Å². The van der Waals surface area contributed by atoms with E-state index in [0.717, 1.165) is 64.0 Å². The number of hydrogen-bond donors (Lipinski definition) is 2. The first-order valence-corrected chi connectivity index (χ1v) is 17.4. The molecule has 6 aromatic rings. The van der Waals surface area contributed by atoms with Crippen LogP contribution in [-0.2, 0) is 13.6 Å². The van der Waals surface area contributed by atoms with E-state index in [1.54, 1.807) is 31.6 Å². The van der Waals surface area contributed by atoms with Crippen LogP contribution in [0.4, 0.5) is 5.69 Å². The third kappa shape index (κ3) is 5.13. The van der Waals surface area contributed by atoms with Crippen LogP contribution in [-0.4, -0.2) is 61.6 Å². The molecule has 1 aliphatic heterocycles. The molecule has 252 valence electrons. The van der Waals surface area contributed by atoms with Gasteiger partial charge in [-0.15, -0.1) is 0 Å². The first-order valence-electron chi connectivity index (χ1n) is 17.4. The van der Waals surface area contributed by atoms with Gasteiger partial charge >= 0.3 is 0 Å². The van der Waals surface area contributed by atoms with Crippen LogP contribution < -0.4 is 15.8 Å². The summed E-state index contributed by atoms with van der Waals surface area (Å²) in [6.45, 7) is 1.62. The molecular formula is C40H39N7O3. The Bertz CT molecular complexity index is 2290. The van der Waals surface area contributed by atoms with Crippen molar-refractivity contribution in [3.63, 3.8) is 0 Å². The number of pyridine rings is 1. The predicted molar refractivity (Wildman–Crippen MR) is 194 cm³/mol. The number of imidazole rings is 1. The molecule has 50 heavy (non-hydrogen) atoms. The molecule has 0 radical (unpaired) electrons. The number of nitrogens with zero attached hydrogens (tertiary/aromatic N) is 5. The summed E-state index contributed by atoms with van der Waals surface area (Å²) in [5.41, 5.74) is 14.2. The number of aryl methyl sites for hydroxylation is 1. The highest BCUT2D eigenvalue weighted by Crippen LogP contribution is 2.41. The van der Waals surface area contributed by atoms with Crippen molar-refractivity contribution in [3.8, 4) is 28.4 Å². The normalized spacial score (nSPS) is 19.8. The SMILES string of the molecule is COc1cc(C(=O)N2CC3CCC2[C@@H]3N)cc2nc(-c3cc4ccc(-c5ccc(C(=O)Nc6ccncc6)cc5)cc4n3CC3CC3)n(C)c12. The first kappa shape index (κ1) is 30.6. The quantitative estimate of drug-likeness (QED) is 0.192. The largest absolute Gasteiger partial charge is 0.494 e. The summed E-state index contributed by atoms with van der Waals surface area (Å²) >= 11 is 0. The zero-order valence-electron chi connectivity index (χ0n) is 28.2. The molecule has 10 heteroatoms. The van der Waals surface area contributed by atoms with Crippen LogP contribution in [0.5, 0.6) is 5.75 Å². The summed E-state index contributed by atoms with van der Waals surface area (Å²) in [6.07, 6.45) is 7.79. The van der Waals surface area contributed by atoms with Gasteiger partial charge in [-0.3, -0.25) is 14.6 Å². The van der Waals surface area contributed by atoms with Crippen LogP contribution in [0, 0.1) is 11.8 Å². The van der Waals surface area contributed by atoms with Gasteiger partial charge in [0.2, 0.25) is 0 Å². The summed E-state index contributed by atoms with van der Waals surface area (Å²) in [6, 6.07) is 23.9. The number of piperidine rings is 1. The molecule has 2 unspecified atom stereocenters. The topological polar surface area (TPSA) is 120 Å². The van der Waals surface area contributed by atoms with Crippen molar-refractivity contribution in [2.45, 2.75) is 44.3 Å². The molecular weight excluding hydrogens is 626 g/mol. The second-order valence-corrected chi connectivity index (χ2v) is 14.1. The zero-order valence-corrected chi connectivity index (χ0v) is 28.2. The van der Waals surface area contributed by atoms with E-state index in [2.05, 4.69) is 43.7 Å². The van der Waals surface area contributed by atoms with Crippen LogP contribution in [0.1, 0.15) is 46.4 Å². The van der Waals surface area contributed by atoms with Crippen molar-refractivity contribution in [3.05, 3.63) is 96.3 Å². The second-order valence-electron chi connectivity index (χ2n) is 14.1. The number of likely N-dealkylation sites (tertiary alicyclic amines) is 1. The number of nitrogens with two attached hydrogens (primary N) is 1. The van der Waals surface area contributed by atoms with Crippen molar-refractivity contribution in [2.75, 3.05) is 19.0 Å². The summed E-state index contributed by atoms with van der Waals surface area (Å²) < 4.78 is 10.4. The van der Waals surface area contributed by atoms with Gasteiger partial charge in [0.15, 0.2) is 5.82 Å². The van der Waals surface area contributed by atoms with E-state index in [-0.39, 0.29) is 23.9 Å². The minimum Gasteiger partial charge on any atom is -0.494 e. The van der Waals surface area contributed by atoms with Gasteiger partial charge in [0.1, 0.15) is 11.3 Å². The number of carbonyl (C=O) groups is 2. The number of amides is 2. The summed E-state index contributed by atoms with van der Waals surface area (Å²) in [5.74, 6) is 2.30. The molecule has 2 aliphatic carbocycles. The number of ether oxygens (including phenoxy) is 1. The third-order valence-electron chi connectivity index (χ3n) is 11.0. The average molecular weight is 666 g/mol. The molecule has 3 aliphatic rings. The lowest BCUT2D eigenvalue weighted by Crippen LogP contribution is -2.41. The molecule has 2 bridgehead atoms. The highest BCUT2D eigenvalue weighted by molar-refractivity contribution is 6.04. The van der Waals surface area contributed by atoms with Gasteiger partial charge in [0, 0.05) is 72.3 Å². The molecule has 0 spiro atoms. The Morgan fingerprint density at radius 2 is 1.70 bits per heavy atom. The average Bonchev–Trinajstić information content (AvgIpc) is 3.55. The maximum atomic E-state index is 13.8. The van der Waals surface area contributed by atoms with E-state index in [1.807, 2.05) is 48.3 Å². The van der Waals surface area contributed by atoms with Crippen LogP contribution in [0.3, 0.4) is 0 Å². The molecule has 10 nitrogen and oxygen atoms in total. The zero-order chi connectivity index (χ0) is 34.1. The minimum absolute atomic E-state index is 0.00200. The molecule has 3 fully saturated rings. The standard InChI is InChI=1S/C40H39N7O3/c1-45-37-31(17-29(20-35(37)50-2)40(49)47-22-28-11-12-32(47)36(28)41)44-38(45)34-19-27-10-9-26(18-33(27)46(34)21-23-3-4-23)24-5-7-25(8-6-24)39(48)43-30-13-15-42-16-14-30/h5-10,13-20,23,28,32,36H,3-4,11-12,21-22,41H2,1-2H3,(H,42,43,48)/t28?,32?,36-/m1/s1. The summed E-state index contributed by atoms with van der Waals surface area (Å²) in [4.78, 5) is 37.8. The van der Waals surface area contributed by atoms with Gasteiger partial charge in [0.05, 0.1) is 18.3 Å². The van der Waals surface area contributed by atoms with E-state index in [1.165, 1.54) is 12.8 Å². The monoisotopic (exact) mass is 665 g/mol. The summed E-state index contributed by atoms with van der Waals surface area (Å²) in [5, 5.41) is 4.05. The van der Waals surface area contributed by atoms with E-state index < -0.39 is 0 Å². The van der Waals surface area contributed by atoms with Crippen molar-refractivity contribution < 1.29 is 14.3 Å². The van der Waals surface area contributed by atoms with E-state index in [9.17, 15) is 9.59 Å². The molecule has 4 heterocycles. The fourth-order valence-electron chi connectivity index (χ4n) is 8.09. The number of carbonyl (C=O) groups excluding carboxylic acids is 2. The number of fused-ring (bicyclic) bond motifs is 4. The van der Waals surface area contributed by atoms with Crippen molar-refractivity contribution in [1.82, 2.24) is 24.0 Å². The second kappa shape index (κ2) is 11.8. The molecule has 1 saturated heterocycles. The number of methoxy groups -OCH3 is 1. The highest BCUT2D eigenvalue weighted by atomic mass is 16.5. The third-order valence-corrected chi connectivity index (χ3v) is 11.0. The molecule has 3 aromatic heterocycles. The van der Waals surface area contributed by atoms with Crippen molar-refractivity contribution in [2.24, 2.45) is 24.6 Å². The number of rotatable bonds is 8. The van der Waals surface area contributed by atoms with Crippen LogP contribution >= 0.6 is 0 Å². The Morgan fingerprint density at radius 1 is 0.920 bits per heavy atom. The molecule has 9 rings (SSSR count). The van der Waals surface area contributed by atoms with Gasteiger partial charge in [-0.05, 0) is 97.2 Å². The van der Waals surface area contributed by atoms with Crippen molar-refractivity contribution >= 4 is 39.4 Å². The molecule has 3 aromatic carbocycles. The fraction of sp³-hybridized carbons (Fsp3) is 0.300. The summed E-state index contributed by atoms with van der Waals surface area (Å²) in [7, 11) is 3.67. The lowest BCUT2D eigenvalue weighted by molar-refractivity contribution is 0.0700. The number of benzene rings is 3. The first-order chi connectivity index (χ1) is 24.4. The van der Waals surface area contributed by atoms with Crippen LogP contribution in [0.25, 0.3) is 44.6 Å². The van der Waals surface area contributed by atoms with E-state index >= 15 is 0 Å². The van der Waals surface area contributed by atoms with Crippen molar-refractivity contribution in [1.29, 1.82) is 0 Å². The van der Waals surface area contributed by atoms with Gasteiger partial charge in [0.25, 0.3) is 11.8 Å². The lowest BCUT2D eigenvalue weighted by Gasteiger charge is -2.27. The van der Waals surface area contributed by atoms with Gasteiger partial charge < -0.3 is 29.8 Å². The molecule has 3 N–H and O–H groups in total. The van der Waals surface area contributed by atoms with Crippen LogP contribution in [0.2, 0.25) is 0 Å². The highest BCUT2D eigenvalue weighted by Gasteiger charge is 2.47. The number of nitrogens with one attached hydrogen (secondary N) is 1. The number of hydrogen-bond acceptors (Lipinski definition) is 6. The number of aromatic nitrogens is 4. The van der Waals surface area contributed by atoms with E-state index in [4.69, 9.17) is 15.5 Å². The molecule has 2 amide bonds. The minimum atomic E-state index is -0.163. The van der Waals surface area contributed by atoms with E-state index in [0.29, 0.717) is 40.9 Å². The number of anilines is 1. The fourth-order valence-corrected chi connectivity index (χ4v) is 8.09. The van der Waals surface area contributed by atoms with Gasteiger partial charge in [-0.2, -0.15) is 0 Å². The lowest BCUT2D eigenvalue weighted by atomic mass is 10.0. The Balaban J connectivity index is 1.07. The Hall–Kier alpha value is -5.48. The van der Waals surface area contributed by atoms with Gasteiger partial charge in [-0.25, -0.2) is 4.98 Å². The maximum absolute atomic E-state index is 13.8. The maximum Gasteiger partial charge on any atom is 0.255 e. The Kier molecular flexibility index (Phi) is 7.24. The Morgan fingerprint density at radius 3 is 2.40 bits per heavy atom. The van der Waals surface area contributed by atoms with Crippen LogP contribution in [0.15, 0.2) is 85.2 Å². The smallest absolute Gasteiger partial charge is 0.255 e. The predicted octanol–water partition coefficient (Wildman–Crippen LogP) is 6.49. The molecule has 3 atom stereocenters. The molecule has 2 saturated carbocycles. The van der Waals surface area contributed by atoms with Gasteiger partial charge in [-0.1, -0.05) is 24.3 Å².